The summed E-state index contributed by atoms with van der Waals surface area (Å²) in [5.74, 6) is -0.585. The lowest BCUT2D eigenvalue weighted by Crippen LogP contribution is -2.27. The van der Waals surface area contributed by atoms with Crippen molar-refractivity contribution in [2.24, 2.45) is 0 Å². The van der Waals surface area contributed by atoms with Gasteiger partial charge in [0.15, 0.2) is 0 Å². The quantitative estimate of drug-likeness (QED) is 0.548. The molecule has 0 aliphatic rings. The van der Waals surface area contributed by atoms with Gasteiger partial charge in [0.25, 0.3) is 10.0 Å². The Balaban J connectivity index is 0.00000364. The molecule has 9 heteroatoms. The third-order valence-corrected chi connectivity index (χ3v) is 5.02. The summed E-state index contributed by atoms with van der Waals surface area (Å²) in [7, 11) is -1.93. The first kappa shape index (κ1) is 22.9. The summed E-state index contributed by atoms with van der Waals surface area (Å²) in [4.78, 5) is 11.8. The predicted octanol–water partition coefficient (Wildman–Crippen LogP) is 2.32. The van der Waals surface area contributed by atoms with Gasteiger partial charge in [-0.1, -0.05) is 12.1 Å². The molecular formula is C18H23ClFN3O3S. The highest BCUT2D eigenvalue weighted by molar-refractivity contribution is 7.92. The van der Waals surface area contributed by atoms with Crippen LogP contribution in [0.25, 0.3) is 0 Å². The number of carbonyl (C=O) groups is 1. The highest BCUT2D eigenvalue weighted by atomic mass is 35.5. The molecule has 0 saturated heterocycles. The first-order chi connectivity index (χ1) is 12.4. The van der Waals surface area contributed by atoms with Crippen molar-refractivity contribution in [1.82, 2.24) is 10.6 Å². The molecule has 3 N–H and O–H groups in total. The normalized spacial score (nSPS) is 10.7. The van der Waals surface area contributed by atoms with Crippen molar-refractivity contribution in [2.75, 3.05) is 24.9 Å². The molecule has 1 amide bonds. The van der Waals surface area contributed by atoms with Crippen molar-refractivity contribution in [3.05, 3.63) is 59.9 Å². The van der Waals surface area contributed by atoms with Crippen LogP contribution in [0.15, 0.2) is 53.4 Å². The van der Waals surface area contributed by atoms with Crippen LogP contribution in [0.2, 0.25) is 0 Å². The topological polar surface area (TPSA) is 87.3 Å². The Bertz CT molecular complexity index is 828. The molecule has 0 radical (unpaired) electrons. The molecule has 0 unspecified atom stereocenters. The van der Waals surface area contributed by atoms with Crippen molar-refractivity contribution in [1.29, 1.82) is 0 Å². The average Bonchev–Trinajstić information content (AvgIpc) is 2.61. The number of carbonyl (C=O) groups excluding carboxylic acids is 1. The van der Waals surface area contributed by atoms with Crippen molar-refractivity contribution >= 4 is 34.0 Å². The van der Waals surface area contributed by atoms with Gasteiger partial charge in [0.05, 0.1) is 11.3 Å². The van der Waals surface area contributed by atoms with Gasteiger partial charge in [0.1, 0.15) is 5.82 Å². The molecule has 2 rings (SSSR count). The molecule has 0 aliphatic carbocycles. The first-order valence-corrected chi connectivity index (χ1v) is 9.67. The zero-order valence-corrected chi connectivity index (χ0v) is 16.5. The van der Waals surface area contributed by atoms with E-state index in [0.29, 0.717) is 12.2 Å². The fourth-order valence-electron chi connectivity index (χ4n) is 2.26. The molecular weight excluding hydrogens is 393 g/mol. The van der Waals surface area contributed by atoms with Crippen LogP contribution in [-0.4, -0.2) is 34.5 Å². The monoisotopic (exact) mass is 415 g/mol. The molecule has 6 nitrogen and oxygen atoms in total. The average molecular weight is 416 g/mol. The molecule has 2 aromatic carbocycles. The summed E-state index contributed by atoms with van der Waals surface area (Å²) in [5.41, 5.74) is 1.15. The Morgan fingerprint density at radius 1 is 1.00 bits per heavy atom. The summed E-state index contributed by atoms with van der Waals surface area (Å²) in [6, 6.07) is 11.1. The molecule has 27 heavy (non-hydrogen) atoms. The van der Waals surface area contributed by atoms with Crippen LogP contribution < -0.4 is 15.4 Å². The Hall–Kier alpha value is -2.16. The van der Waals surface area contributed by atoms with E-state index < -0.39 is 15.8 Å². The van der Waals surface area contributed by atoms with E-state index in [0.717, 1.165) is 30.7 Å². The van der Waals surface area contributed by atoms with Crippen LogP contribution in [0.3, 0.4) is 0 Å². The number of rotatable bonds is 9. The second-order valence-electron chi connectivity index (χ2n) is 5.74. The highest BCUT2D eigenvalue weighted by Crippen LogP contribution is 2.17. The van der Waals surface area contributed by atoms with E-state index in [-0.39, 0.29) is 29.6 Å². The lowest BCUT2D eigenvalue weighted by atomic mass is 10.1. The van der Waals surface area contributed by atoms with Crippen LogP contribution in [0, 0.1) is 5.82 Å². The van der Waals surface area contributed by atoms with Crippen molar-refractivity contribution in [3.63, 3.8) is 0 Å². The van der Waals surface area contributed by atoms with Crippen molar-refractivity contribution < 1.29 is 17.6 Å². The van der Waals surface area contributed by atoms with Crippen LogP contribution in [-0.2, 0) is 21.2 Å². The van der Waals surface area contributed by atoms with Gasteiger partial charge in [-0.15, -0.1) is 12.4 Å². The molecule has 2 aromatic rings. The Kier molecular flexibility index (Phi) is 9.20. The minimum atomic E-state index is -3.79. The van der Waals surface area contributed by atoms with E-state index in [1.54, 1.807) is 24.3 Å². The molecule has 0 saturated carbocycles. The van der Waals surface area contributed by atoms with Gasteiger partial charge >= 0.3 is 0 Å². The fourth-order valence-corrected chi connectivity index (χ4v) is 3.32. The summed E-state index contributed by atoms with van der Waals surface area (Å²) >= 11 is 0. The summed E-state index contributed by atoms with van der Waals surface area (Å²) in [6.45, 7) is 1.44. The van der Waals surface area contributed by atoms with Gasteiger partial charge < -0.3 is 10.6 Å². The van der Waals surface area contributed by atoms with Crippen LogP contribution in [0.4, 0.5) is 10.1 Å². The number of anilines is 1. The standard InChI is InChI=1S/C18H22FN3O3S.ClH/c1-20-11-2-12-21-18(23)13-14-3-7-16(8-4-14)22-26(24,25)17-9-5-15(19)6-10-17;/h3-10,20,22H,2,11-13H2,1H3,(H,21,23);1H. The third kappa shape index (κ3) is 7.54. The molecule has 0 aliphatic heterocycles. The van der Waals surface area contributed by atoms with Gasteiger partial charge in [0.2, 0.25) is 5.91 Å². The van der Waals surface area contributed by atoms with Crippen LogP contribution in [0.5, 0.6) is 0 Å². The fraction of sp³-hybridized carbons (Fsp3) is 0.278. The van der Waals surface area contributed by atoms with Gasteiger partial charge in [-0.05, 0) is 62.0 Å². The second kappa shape index (κ2) is 10.9. The second-order valence-corrected chi connectivity index (χ2v) is 7.42. The Morgan fingerprint density at radius 3 is 2.22 bits per heavy atom. The zero-order chi connectivity index (χ0) is 19.0. The van der Waals surface area contributed by atoms with Gasteiger partial charge in [-0.2, -0.15) is 0 Å². The maximum absolute atomic E-state index is 12.9. The Morgan fingerprint density at radius 2 is 1.63 bits per heavy atom. The molecule has 0 heterocycles. The van der Waals surface area contributed by atoms with E-state index in [9.17, 15) is 17.6 Å². The SMILES string of the molecule is CNCCCNC(=O)Cc1ccc(NS(=O)(=O)c2ccc(F)cc2)cc1.Cl. The number of hydrogen-bond donors (Lipinski definition) is 3. The van der Waals surface area contributed by atoms with Gasteiger partial charge in [-0.25, -0.2) is 12.8 Å². The summed E-state index contributed by atoms with van der Waals surface area (Å²) < 4.78 is 39.8. The van der Waals surface area contributed by atoms with Crippen molar-refractivity contribution in [2.45, 2.75) is 17.7 Å². The van der Waals surface area contributed by atoms with E-state index in [2.05, 4.69) is 15.4 Å². The number of hydrogen-bond acceptors (Lipinski definition) is 4. The molecule has 0 aromatic heterocycles. The minimum absolute atomic E-state index is 0. The molecule has 0 spiro atoms. The zero-order valence-electron chi connectivity index (χ0n) is 14.9. The van der Waals surface area contributed by atoms with Crippen LogP contribution in [0.1, 0.15) is 12.0 Å². The molecule has 0 bridgehead atoms. The van der Waals surface area contributed by atoms with E-state index in [4.69, 9.17) is 0 Å². The van der Waals surface area contributed by atoms with Crippen molar-refractivity contribution in [3.8, 4) is 0 Å². The third-order valence-electron chi connectivity index (χ3n) is 3.62. The lowest BCUT2D eigenvalue weighted by molar-refractivity contribution is -0.120. The Labute approximate surface area is 165 Å². The predicted molar refractivity (Wildman–Crippen MR) is 106 cm³/mol. The first-order valence-electron chi connectivity index (χ1n) is 8.19. The number of nitrogens with one attached hydrogen (secondary N) is 3. The van der Waals surface area contributed by atoms with E-state index in [1.807, 2.05) is 7.05 Å². The number of sulfonamides is 1. The van der Waals surface area contributed by atoms with Gasteiger partial charge in [-0.3, -0.25) is 9.52 Å². The van der Waals surface area contributed by atoms with E-state index in [1.165, 1.54) is 12.1 Å². The summed E-state index contributed by atoms with van der Waals surface area (Å²) in [6.07, 6.45) is 1.08. The van der Waals surface area contributed by atoms with E-state index >= 15 is 0 Å². The highest BCUT2D eigenvalue weighted by Gasteiger charge is 2.14. The van der Waals surface area contributed by atoms with Crippen LogP contribution >= 0.6 is 12.4 Å². The molecule has 148 valence electrons. The maximum atomic E-state index is 12.9. The minimum Gasteiger partial charge on any atom is -0.356 e. The maximum Gasteiger partial charge on any atom is 0.261 e. The number of benzene rings is 2. The lowest BCUT2D eigenvalue weighted by Gasteiger charge is -2.09. The molecule has 0 atom stereocenters. The number of amides is 1. The largest absolute Gasteiger partial charge is 0.356 e. The summed E-state index contributed by atoms with van der Waals surface area (Å²) in [5, 5.41) is 5.83. The molecule has 0 fully saturated rings. The van der Waals surface area contributed by atoms with Gasteiger partial charge in [0, 0.05) is 12.2 Å². The number of halogens is 2. The smallest absolute Gasteiger partial charge is 0.261 e.